The summed E-state index contributed by atoms with van der Waals surface area (Å²) in [5, 5.41) is 8.20. The first-order valence-corrected chi connectivity index (χ1v) is 11.8. The molecule has 0 fully saturated rings. The number of para-hydroxylation sites is 1. The van der Waals surface area contributed by atoms with Crippen LogP contribution < -0.4 is 5.32 Å². The van der Waals surface area contributed by atoms with Crippen LogP contribution in [0.4, 0.5) is 5.82 Å². The number of hydrogen-bond acceptors (Lipinski definition) is 3. The molecule has 0 aliphatic heterocycles. The SMILES string of the molecule is Cc1ccc(C(=O)N(CC(=O)Nc2cc(C(C)(C)C)nn2-c2ccccc2Cl)CC(C)C)cc1. The van der Waals surface area contributed by atoms with E-state index in [2.05, 4.69) is 26.1 Å². The highest BCUT2D eigenvalue weighted by molar-refractivity contribution is 6.32. The van der Waals surface area contributed by atoms with Crippen LogP contribution in [0.5, 0.6) is 0 Å². The second-order valence-electron chi connectivity index (χ2n) is 10.0. The van der Waals surface area contributed by atoms with Gasteiger partial charge < -0.3 is 10.2 Å². The Hall–Kier alpha value is -3.12. The van der Waals surface area contributed by atoms with Gasteiger partial charge in [0, 0.05) is 23.6 Å². The molecule has 1 N–H and O–H groups in total. The minimum absolute atomic E-state index is 0.0660. The fraction of sp³-hybridized carbons (Fsp3) is 0.370. The molecule has 180 valence electrons. The average Bonchev–Trinajstić information content (AvgIpc) is 3.17. The molecule has 0 aliphatic carbocycles. The number of amides is 2. The van der Waals surface area contributed by atoms with Gasteiger partial charge >= 0.3 is 0 Å². The maximum Gasteiger partial charge on any atom is 0.254 e. The predicted octanol–water partition coefficient (Wildman–Crippen LogP) is 5.87. The Bertz CT molecular complexity index is 1160. The number of carbonyl (C=O) groups excluding carboxylic acids is 2. The zero-order valence-electron chi connectivity index (χ0n) is 20.7. The quantitative estimate of drug-likeness (QED) is 0.460. The van der Waals surface area contributed by atoms with Crippen molar-refractivity contribution in [3.8, 4) is 5.69 Å². The van der Waals surface area contributed by atoms with Gasteiger partial charge in [-0.25, -0.2) is 4.68 Å². The normalized spacial score (nSPS) is 11.5. The molecule has 0 bridgehead atoms. The number of aromatic nitrogens is 2. The summed E-state index contributed by atoms with van der Waals surface area (Å²) in [7, 11) is 0. The Kier molecular flexibility index (Phi) is 7.82. The highest BCUT2D eigenvalue weighted by atomic mass is 35.5. The van der Waals surface area contributed by atoms with Gasteiger partial charge in [-0.3, -0.25) is 9.59 Å². The molecule has 2 aromatic carbocycles. The maximum absolute atomic E-state index is 13.2. The summed E-state index contributed by atoms with van der Waals surface area (Å²) >= 11 is 6.43. The van der Waals surface area contributed by atoms with E-state index in [1.54, 1.807) is 27.8 Å². The monoisotopic (exact) mass is 480 g/mol. The molecule has 0 radical (unpaired) electrons. The predicted molar refractivity (Wildman–Crippen MR) is 138 cm³/mol. The number of aryl methyl sites for hydroxylation is 1. The molecular weight excluding hydrogens is 448 g/mol. The van der Waals surface area contributed by atoms with Gasteiger partial charge in [0.15, 0.2) is 0 Å². The van der Waals surface area contributed by atoms with Crippen molar-refractivity contribution >= 4 is 29.2 Å². The third-order valence-electron chi connectivity index (χ3n) is 5.33. The third kappa shape index (κ3) is 6.26. The van der Waals surface area contributed by atoms with Crippen molar-refractivity contribution in [2.75, 3.05) is 18.4 Å². The lowest BCUT2D eigenvalue weighted by molar-refractivity contribution is -0.117. The first kappa shape index (κ1) is 25.5. The van der Waals surface area contributed by atoms with Crippen molar-refractivity contribution in [2.24, 2.45) is 5.92 Å². The van der Waals surface area contributed by atoms with Crippen LogP contribution >= 0.6 is 11.6 Å². The molecular formula is C27H33ClN4O2. The van der Waals surface area contributed by atoms with Crippen LogP contribution in [0.25, 0.3) is 5.69 Å². The zero-order valence-corrected chi connectivity index (χ0v) is 21.5. The van der Waals surface area contributed by atoms with E-state index in [1.807, 2.05) is 57.2 Å². The van der Waals surface area contributed by atoms with Crippen molar-refractivity contribution in [1.82, 2.24) is 14.7 Å². The molecule has 3 aromatic rings. The summed E-state index contributed by atoms with van der Waals surface area (Å²) in [5.41, 5.74) is 2.90. The van der Waals surface area contributed by atoms with E-state index in [4.69, 9.17) is 16.7 Å². The van der Waals surface area contributed by atoms with E-state index in [0.29, 0.717) is 28.6 Å². The number of halogens is 1. The second kappa shape index (κ2) is 10.4. The Morgan fingerprint density at radius 2 is 1.74 bits per heavy atom. The number of hydrogen-bond donors (Lipinski definition) is 1. The van der Waals surface area contributed by atoms with Crippen molar-refractivity contribution in [3.63, 3.8) is 0 Å². The van der Waals surface area contributed by atoms with Crippen LogP contribution in [-0.2, 0) is 10.2 Å². The molecule has 1 heterocycles. The van der Waals surface area contributed by atoms with Crippen molar-refractivity contribution < 1.29 is 9.59 Å². The van der Waals surface area contributed by atoms with E-state index in [-0.39, 0.29) is 29.7 Å². The van der Waals surface area contributed by atoms with Gasteiger partial charge in [0.2, 0.25) is 5.91 Å². The van der Waals surface area contributed by atoms with E-state index < -0.39 is 0 Å². The first-order valence-electron chi connectivity index (χ1n) is 11.5. The molecule has 2 amide bonds. The lowest BCUT2D eigenvalue weighted by Gasteiger charge is -2.24. The van der Waals surface area contributed by atoms with E-state index in [9.17, 15) is 9.59 Å². The van der Waals surface area contributed by atoms with Crippen molar-refractivity contribution in [2.45, 2.75) is 47.0 Å². The van der Waals surface area contributed by atoms with E-state index in [1.165, 1.54) is 0 Å². The minimum atomic E-state index is -0.297. The molecule has 3 rings (SSSR count). The molecule has 0 unspecified atom stereocenters. The van der Waals surface area contributed by atoms with Gasteiger partial charge in [-0.1, -0.05) is 76.0 Å². The fourth-order valence-corrected chi connectivity index (χ4v) is 3.75. The molecule has 0 atom stereocenters. The molecule has 34 heavy (non-hydrogen) atoms. The van der Waals surface area contributed by atoms with Crippen LogP contribution in [0.15, 0.2) is 54.6 Å². The van der Waals surface area contributed by atoms with Gasteiger partial charge in [0.25, 0.3) is 5.91 Å². The lowest BCUT2D eigenvalue weighted by atomic mass is 9.92. The number of rotatable bonds is 7. The Balaban J connectivity index is 1.88. The van der Waals surface area contributed by atoms with Crippen molar-refractivity contribution in [1.29, 1.82) is 0 Å². The fourth-order valence-electron chi connectivity index (χ4n) is 3.54. The van der Waals surface area contributed by atoms with Crippen LogP contribution in [0, 0.1) is 12.8 Å². The third-order valence-corrected chi connectivity index (χ3v) is 5.65. The van der Waals surface area contributed by atoms with Crippen LogP contribution in [0.3, 0.4) is 0 Å². The van der Waals surface area contributed by atoms with Gasteiger partial charge in [-0.05, 0) is 37.1 Å². The maximum atomic E-state index is 13.2. The smallest absolute Gasteiger partial charge is 0.254 e. The number of carbonyl (C=O) groups is 2. The molecule has 7 heteroatoms. The summed E-state index contributed by atoms with van der Waals surface area (Å²) in [5.74, 6) is 0.257. The summed E-state index contributed by atoms with van der Waals surface area (Å²) in [6.07, 6.45) is 0. The molecule has 1 aromatic heterocycles. The van der Waals surface area contributed by atoms with Gasteiger partial charge in [-0.2, -0.15) is 5.10 Å². The first-order chi connectivity index (χ1) is 16.0. The molecule has 0 aliphatic rings. The number of nitrogens with one attached hydrogen (secondary N) is 1. The van der Waals surface area contributed by atoms with Gasteiger partial charge in [-0.15, -0.1) is 0 Å². The average molecular weight is 481 g/mol. The minimum Gasteiger partial charge on any atom is -0.329 e. The summed E-state index contributed by atoms with van der Waals surface area (Å²) in [6.45, 7) is 12.6. The van der Waals surface area contributed by atoms with Crippen LogP contribution in [0.2, 0.25) is 5.02 Å². The molecule has 0 saturated carbocycles. The van der Waals surface area contributed by atoms with Crippen LogP contribution in [0.1, 0.15) is 56.2 Å². The standard InChI is InChI=1S/C27H33ClN4O2/c1-18(2)16-31(26(34)20-13-11-19(3)12-14-20)17-25(33)29-24-15-23(27(4,5)6)30-32(24)22-10-8-7-9-21(22)28/h7-15,18H,16-17H2,1-6H3,(H,29,33). The summed E-state index contributed by atoms with van der Waals surface area (Å²) in [6, 6.07) is 16.6. The Morgan fingerprint density at radius 1 is 1.09 bits per heavy atom. The number of nitrogens with zero attached hydrogens (tertiary/aromatic N) is 3. The Labute approximate surface area is 206 Å². The van der Waals surface area contributed by atoms with E-state index >= 15 is 0 Å². The number of benzene rings is 2. The summed E-state index contributed by atoms with van der Waals surface area (Å²) in [4.78, 5) is 27.9. The highest BCUT2D eigenvalue weighted by Gasteiger charge is 2.24. The van der Waals surface area contributed by atoms with E-state index in [0.717, 1.165) is 11.3 Å². The Morgan fingerprint density at radius 3 is 2.32 bits per heavy atom. The molecule has 0 saturated heterocycles. The largest absolute Gasteiger partial charge is 0.329 e. The van der Waals surface area contributed by atoms with Crippen molar-refractivity contribution in [3.05, 3.63) is 76.4 Å². The van der Waals surface area contributed by atoms with Gasteiger partial charge in [0.1, 0.15) is 12.4 Å². The number of anilines is 1. The lowest BCUT2D eigenvalue weighted by Crippen LogP contribution is -2.40. The van der Waals surface area contributed by atoms with Crippen LogP contribution in [-0.4, -0.2) is 39.6 Å². The highest BCUT2D eigenvalue weighted by Crippen LogP contribution is 2.29. The molecule has 6 nitrogen and oxygen atoms in total. The second-order valence-corrected chi connectivity index (χ2v) is 10.4. The van der Waals surface area contributed by atoms with Gasteiger partial charge in [0.05, 0.1) is 16.4 Å². The zero-order chi connectivity index (χ0) is 25.0. The topological polar surface area (TPSA) is 67.2 Å². The summed E-state index contributed by atoms with van der Waals surface area (Å²) < 4.78 is 1.65. The molecule has 0 spiro atoms.